The van der Waals surface area contributed by atoms with E-state index < -0.39 is 11.9 Å². The van der Waals surface area contributed by atoms with Crippen molar-refractivity contribution in [1.29, 1.82) is 0 Å². The van der Waals surface area contributed by atoms with Crippen LogP contribution >= 0.6 is 23.6 Å². The van der Waals surface area contributed by atoms with Crippen LogP contribution in [0, 0.1) is 0 Å². The fraction of sp³-hybridized carbons (Fsp3) is 0.176. The van der Waals surface area contributed by atoms with Crippen LogP contribution in [0.1, 0.15) is 23.0 Å². The molecule has 2 amide bonds. The molecular formula is C17H14N4O4S2. The van der Waals surface area contributed by atoms with E-state index in [1.807, 2.05) is 0 Å². The number of carbonyl (C=O) groups is 3. The number of benzene rings is 1. The number of thiocarbonyl (C=S) groups is 1. The number of thiazole rings is 1. The summed E-state index contributed by atoms with van der Waals surface area (Å²) in [6.07, 6.45) is 0. The lowest BCUT2D eigenvalue weighted by Gasteiger charge is -2.09. The molecule has 1 N–H and O–H groups in total. The Kier molecular flexibility index (Phi) is 5.67. The number of aromatic nitrogens is 1. The van der Waals surface area contributed by atoms with Crippen molar-refractivity contribution in [3.63, 3.8) is 0 Å². The normalized spacial score (nSPS) is 14.3. The second kappa shape index (κ2) is 8.14. The topological polar surface area (TPSA) is 101 Å². The average Bonchev–Trinajstić information content (AvgIpc) is 3.26. The first-order valence-corrected chi connectivity index (χ1v) is 9.22. The summed E-state index contributed by atoms with van der Waals surface area (Å²) in [6.45, 7) is 1.85. The molecule has 0 spiro atoms. The van der Waals surface area contributed by atoms with E-state index in [0.717, 1.165) is 11.3 Å². The minimum Gasteiger partial charge on any atom is -0.461 e. The lowest BCUT2D eigenvalue weighted by molar-refractivity contribution is -0.135. The number of aliphatic imine (C=N–C) groups is 1. The van der Waals surface area contributed by atoms with Gasteiger partial charge in [0.1, 0.15) is 5.69 Å². The molecule has 8 nitrogen and oxygen atoms in total. The summed E-state index contributed by atoms with van der Waals surface area (Å²) in [5.74, 6) is -1.62. The van der Waals surface area contributed by atoms with Gasteiger partial charge in [0.15, 0.2) is 16.0 Å². The fourth-order valence-corrected chi connectivity index (χ4v) is 3.39. The number of ether oxygens (including phenoxy) is 1. The zero-order valence-electron chi connectivity index (χ0n) is 14.2. The van der Waals surface area contributed by atoms with Gasteiger partial charge in [0.25, 0.3) is 11.8 Å². The van der Waals surface area contributed by atoms with Crippen LogP contribution in [0.25, 0.3) is 0 Å². The summed E-state index contributed by atoms with van der Waals surface area (Å²) >= 11 is 6.19. The van der Waals surface area contributed by atoms with Crippen LogP contribution in [0.15, 0.2) is 40.7 Å². The highest BCUT2D eigenvalue weighted by Crippen LogP contribution is 2.23. The second-order valence-corrected chi connectivity index (χ2v) is 6.48. The fourth-order valence-electron chi connectivity index (χ4n) is 2.25. The summed E-state index contributed by atoms with van der Waals surface area (Å²) < 4.78 is 5.00. The molecule has 2 heterocycles. The minimum atomic E-state index is -0.771. The molecule has 27 heavy (non-hydrogen) atoms. The van der Waals surface area contributed by atoms with Gasteiger partial charge in [-0.25, -0.2) is 14.7 Å². The molecule has 1 saturated heterocycles. The van der Waals surface area contributed by atoms with E-state index in [9.17, 15) is 14.4 Å². The molecule has 1 fully saturated rings. The highest BCUT2D eigenvalue weighted by atomic mass is 32.1. The third-order valence-electron chi connectivity index (χ3n) is 3.47. The maximum Gasteiger partial charge on any atom is 0.359 e. The summed E-state index contributed by atoms with van der Waals surface area (Å²) in [5.41, 5.74) is 0.244. The zero-order chi connectivity index (χ0) is 19.4. The number of amides is 2. The lowest BCUT2D eigenvalue weighted by Crippen LogP contribution is -2.30. The number of carbonyl (C=O) groups excluding carboxylic acids is 3. The number of anilines is 1. The van der Waals surface area contributed by atoms with Gasteiger partial charge >= 0.3 is 5.97 Å². The summed E-state index contributed by atoms with van der Waals surface area (Å²) in [5, 5.41) is 4.80. The molecule has 0 saturated carbocycles. The van der Waals surface area contributed by atoms with Gasteiger partial charge < -0.3 is 10.1 Å². The molecule has 0 aliphatic carbocycles. The molecule has 1 aliphatic rings. The molecule has 1 aromatic carbocycles. The molecule has 1 aliphatic heterocycles. The first-order valence-electron chi connectivity index (χ1n) is 7.93. The van der Waals surface area contributed by atoms with Crippen molar-refractivity contribution < 1.29 is 19.1 Å². The van der Waals surface area contributed by atoms with Crippen LogP contribution in [-0.4, -0.2) is 46.7 Å². The van der Waals surface area contributed by atoms with E-state index in [1.54, 1.807) is 37.3 Å². The van der Waals surface area contributed by atoms with Gasteiger partial charge in [-0.1, -0.05) is 18.2 Å². The Morgan fingerprint density at radius 3 is 2.74 bits per heavy atom. The number of rotatable bonds is 5. The third kappa shape index (κ3) is 4.07. The summed E-state index contributed by atoms with van der Waals surface area (Å²) in [7, 11) is 0. The predicted molar refractivity (Wildman–Crippen MR) is 104 cm³/mol. The largest absolute Gasteiger partial charge is 0.461 e. The van der Waals surface area contributed by atoms with Crippen molar-refractivity contribution in [2.24, 2.45) is 4.99 Å². The molecule has 0 bridgehead atoms. The smallest absolute Gasteiger partial charge is 0.359 e. The number of esters is 1. The SMILES string of the molecule is CCOC(=O)C(=NC(=O)c1ccccc1)c1csc(N2C(=O)CNC2=S)n1. The molecule has 10 heteroatoms. The monoisotopic (exact) mass is 402 g/mol. The third-order valence-corrected chi connectivity index (χ3v) is 4.62. The van der Waals surface area contributed by atoms with Crippen LogP contribution < -0.4 is 10.2 Å². The number of hydrogen-bond acceptors (Lipinski definition) is 7. The molecule has 0 unspecified atom stereocenters. The summed E-state index contributed by atoms with van der Waals surface area (Å²) in [4.78, 5) is 46.0. The number of nitrogens with one attached hydrogen (secondary N) is 1. The van der Waals surface area contributed by atoms with E-state index in [1.165, 1.54) is 10.3 Å². The highest BCUT2D eigenvalue weighted by molar-refractivity contribution is 7.80. The quantitative estimate of drug-likeness (QED) is 0.460. The van der Waals surface area contributed by atoms with Gasteiger partial charge in [-0.3, -0.25) is 9.59 Å². The Labute approximate surface area is 163 Å². The van der Waals surface area contributed by atoms with E-state index in [4.69, 9.17) is 17.0 Å². The summed E-state index contributed by atoms with van der Waals surface area (Å²) in [6, 6.07) is 8.34. The molecule has 2 aromatic rings. The van der Waals surface area contributed by atoms with Gasteiger partial charge in [-0.2, -0.15) is 4.99 Å². The minimum absolute atomic E-state index is 0.0824. The van der Waals surface area contributed by atoms with Gasteiger partial charge in [0, 0.05) is 10.9 Å². The van der Waals surface area contributed by atoms with E-state index in [-0.39, 0.29) is 40.7 Å². The van der Waals surface area contributed by atoms with Gasteiger partial charge in [0.2, 0.25) is 0 Å². The molecular weight excluding hydrogens is 388 g/mol. The van der Waals surface area contributed by atoms with Gasteiger partial charge in [-0.05, 0) is 31.3 Å². The average molecular weight is 402 g/mol. The first-order chi connectivity index (χ1) is 13.0. The van der Waals surface area contributed by atoms with Crippen molar-refractivity contribution in [3.8, 4) is 0 Å². The van der Waals surface area contributed by atoms with E-state index >= 15 is 0 Å². The van der Waals surface area contributed by atoms with Crippen molar-refractivity contribution >= 4 is 57.3 Å². The van der Waals surface area contributed by atoms with Crippen molar-refractivity contribution in [1.82, 2.24) is 10.3 Å². The van der Waals surface area contributed by atoms with Crippen LogP contribution in [0.3, 0.4) is 0 Å². The Bertz CT molecular complexity index is 923. The predicted octanol–water partition coefficient (Wildman–Crippen LogP) is 1.56. The van der Waals surface area contributed by atoms with Gasteiger partial charge in [-0.15, -0.1) is 11.3 Å². The maximum atomic E-state index is 12.4. The Balaban J connectivity index is 1.96. The standard InChI is InChI=1S/C17H14N4O4S2/c1-2-25-15(24)13(20-14(23)10-6-4-3-5-7-10)11-9-27-17(19-11)21-12(22)8-18-16(21)26/h3-7,9H,2,8H2,1H3,(H,18,26). The van der Waals surface area contributed by atoms with Crippen LogP contribution in [0.4, 0.5) is 5.13 Å². The number of nitrogens with zero attached hydrogens (tertiary/aromatic N) is 3. The first kappa shape index (κ1) is 18.8. The molecule has 0 radical (unpaired) electrons. The molecule has 0 atom stereocenters. The molecule has 138 valence electrons. The zero-order valence-corrected chi connectivity index (χ0v) is 15.8. The number of hydrogen-bond donors (Lipinski definition) is 1. The van der Waals surface area contributed by atoms with Crippen molar-refractivity contribution in [2.45, 2.75) is 6.92 Å². The Morgan fingerprint density at radius 2 is 2.11 bits per heavy atom. The lowest BCUT2D eigenvalue weighted by atomic mass is 10.2. The van der Waals surface area contributed by atoms with Crippen LogP contribution in [0.5, 0.6) is 0 Å². The van der Waals surface area contributed by atoms with Crippen molar-refractivity contribution in [3.05, 3.63) is 47.0 Å². The van der Waals surface area contributed by atoms with Crippen LogP contribution in [-0.2, 0) is 14.3 Å². The van der Waals surface area contributed by atoms with E-state index in [0.29, 0.717) is 5.56 Å². The molecule has 3 rings (SSSR count). The van der Waals surface area contributed by atoms with Gasteiger partial charge in [0.05, 0.1) is 13.2 Å². The Morgan fingerprint density at radius 1 is 1.37 bits per heavy atom. The van der Waals surface area contributed by atoms with E-state index in [2.05, 4.69) is 15.3 Å². The molecule has 1 aromatic heterocycles. The maximum absolute atomic E-state index is 12.4. The van der Waals surface area contributed by atoms with Crippen molar-refractivity contribution in [2.75, 3.05) is 18.1 Å². The second-order valence-electron chi connectivity index (χ2n) is 5.26. The highest BCUT2D eigenvalue weighted by Gasteiger charge is 2.30. The Hall–Kier alpha value is -2.98. The van der Waals surface area contributed by atoms with Crippen LogP contribution in [0.2, 0.25) is 0 Å².